The Bertz CT molecular complexity index is 516. The van der Waals surface area contributed by atoms with E-state index in [9.17, 15) is 4.79 Å². The molecule has 0 radical (unpaired) electrons. The number of pyridine rings is 1. The number of hydrogen-bond donors (Lipinski definition) is 2. The number of nitrogens with zero attached hydrogens (tertiary/aromatic N) is 2. The van der Waals surface area contributed by atoms with Crippen LogP contribution in [0.3, 0.4) is 0 Å². The zero-order valence-corrected chi connectivity index (χ0v) is 8.08. The third-order valence-electron chi connectivity index (χ3n) is 1.94. The third-order valence-corrected chi connectivity index (χ3v) is 2.15. The zero-order valence-electron chi connectivity index (χ0n) is 7.33. The average Bonchev–Trinajstić information content (AvgIpc) is 2.45. The van der Waals surface area contributed by atoms with Crippen molar-refractivity contribution in [2.24, 2.45) is 5.73 Å². The molecule has 0 aliphatic carbocycles. The number of nitrogens with two attached hydrogens (primary N) is 1. The van der Waals surface area contributed by atoms with Crippen molar-refractivity contribution in [3.63, 3.8) is 0 Å². The number of rotatable bonds is 2. The Morgan fingerprint density at radius 3 is 3.07 bits per heavy atom. The highest BCUT2D eigenvalue weighted by Gasteiger charge is 2.06. The fraction of sp³-hybridized carbons (Fsp3) is 0.250. The quantitative estimate of drug-likeness (QED) is 0.705. The molecule has 6 heteroatoms. The molecule has 0 unspecified atom stereocenters. The smallest absolute Gasteiger partial charge is 0.327 e. The summed E-state index contributed by atoms with van der Waals surface area (Å²) in [5.41, 5.74) is 6.40. The first kappa shape index (κ1) is 9.23. The molecule has 0 bridgehead atoms. The average molecular weight is 213 g/mol. The predicted octanol–water partition coefficient (Wildman–Crippen LogP) is 0.337. The van der Waals surface area contributed by atoms with E-state index in [1.54, 1.807) is 12.1 Å². The molecular weight excluding hydrogens is 204 g/mol. The van der Waals surface area contributed by atoms with Crippen LogP contribution in [0.5, 0.6) is 0 Å². The van der Waals surface area contributed by atoms with Crippen LogP contribution in [-0.4, -0.2) is 21.1 Å². The minimum Gasteiger partial charge on any atom is -0.329 e. The maximum Gasteiger partial charge on any atom is 0.327 e. The van der Waals surface area contributed by atoms with Crippen molar-refractivity contribution in [2.45, 2.75) is 6.54 Å². The summed E-state index contributed by atoms with van der Waals surface area (Å²) in [5.74, 6) is 0. The molecule has 3 N–H and O–H groups in total. The van der Waals surface area contributed by atoms with Crippen LogP contribution in [0.25, 0.3) is 11.2 Å². The van der Waals surface area contributed by atoms with E-state index in [0.29, 0.717) is 29.4 Å². The van der Waals surface area contributed by atoms with Crippen molar-refractivity contribution in [1.82, 2.24) is 14.5 Å². The van der Waals surface area contributed by atoms with E-state index in [-0.39, 0.29) is 5.69 Å². The van der Waals surface area contributed by atoms with Crippen LogP contribution in [0.2, 0.25) is 5.15 Å². The third kappa shape index (κ3) is 1.40. The molecule has 0 saturated carbocycles. The number of H-pyrrole nitrogens is 1. The number of imidazole rings is 1. The summed E-state index contributed by atoms with van der Waals surface area (Å²) in [5, 5.41) is 0.363. The summed E-state index contributed by atoms with van der Waals surface area (Å²) >= 11 is 5.73. The van der Waals surface area contributed by atoms with Crippen LogP contribution in [0.4, 0.5) is 0 Å². The molecule has 2 aromatic rings. The molecule has 0 atom stereocenters. The van der Waals surface area contributed by atoms with Gasteiger partial charge < -0.3 is 10.7 Å². The fourth-order valence-electron chi connectivity index (χ4n) is 1.34. The SMILES string of the molecule is NCCn1c(=O)[nH]c2ccc(Cl)nc21. The number of hydrogen-bond acceptors (Lipinski definition) is 3. The van der Waals surface area contributed by atoms with Gasteiger partial charge in [-0.2, -0.15) is 0 Å². The van der Waals surface area contributed by atoms with Gasteiger partial charge >= 0.3 is 5.69 Å². The summed E-state index contributed by atoms with van der Waals surface area (Å²) in [7, 11) is 0. The molecule has 0 aromatic carbocycles. The molecule has 2 heterocycles. The lowest BCUT2D eigenvalue weighted by Crippen LogP contribution is -2.21. The van der Waals surface area contributed by atoms with Gasteiger partial charge in [0.25, 0.3) is 0 Å². The maximum atomic E-state index is 11.4. The minimum absolute atomic E-state index is 0.208. The standard InChI is InChI=1S/C8H9ClN4O/c9-6-2-1-5-7(12-6)13(4-3-10)8(14)11-5/h1-2H,3-4,10H2,(H,11,14). The highest BCUT2D eigenvalue weighted by Crippen LogP contribution is 2.11. The molecule has 0 fully saturated rings. The lowest BCUT2D eigenvalue weighted by atomic mass is 10.4. The second-order valence-electron chi connectivity index (χ2n) is 2.88. The molecule has 0 spiro atoms. The number of aromatic amines is 1. The van der Waals surface area contributed by atoms with Gasteiger partial charge in [0.2, 0.25) is 0 Å². The second kappa shape index (κ2) is 3.43. The van der Waals surface area contributed by atoms with Gasteiger partial charge in [0.15, 0.2) is 5.65 Å². The van der Waals surface area contributed by atoms with Gasteiger partial charge in [0, 0.05) is 13.1 Å². The number of halogens is 1. The zero-order chi connectivity index (χ0) is 10.1. The Balaban J connectivity index is 2.73. The molecule has 14 heavy (non-hydrogen) atoms. The summed E-state index contributed by atoms with van der Waals surface area (Å²) in [6, 6.07) is 3.35. The largest absolute Gasteiger partial charge is 0.329 e. The van der Waals surface area contributed by atoms with Gasteiger partial charge in [-0.05, 0) is 12.1 Å². The van der Waals surface area contributed by atoms with Gasteiger partial charge in [0.1, 0.15) is 5.15 Å². The predicted molar refractivity (Wildman–Crippen MR) is 54.4 cm³/mol. The molecular formula is C8H9ClN4O. The number of fused-ring (bicyclic) bond motifs is 1. The number of nitrogens with one attached hydrogen (secondary N) is 1. The Labute approximate surface area is 84.5 Å². The summed E-state index contributed by atoms with van der Waals surface area (Å²) in [6.07, 6.45) is 0. The van der Waals surface area contributed by atoms with Crippen LogP contribution in [-0.2, 0) is 6.54 Å². The first-order valence-corrected chi connectivity index (χ1v) is 4.55. The fourth-order valence-corrected chi connectivity index (χ4v) is 1.49. The molecule has 0 aliphatic heterocycles. The summed E-state index contributed by atoms with van der Waals surface area (Å²) in [4.78, 5) is 18.1. The van der Waals surface area contributed by atoms with Crippen LogP contribution >= 0.6 is 11.6 Å². The van der Waals surface area contributed by atoms with Gasteiger partial charge in [-0.15, -0.1) is 0 Å². The number of aromatic nitrogens is 3. The van der Waals surface area contributed by atoms with Gasteiger partial charge in [0.05, 0.1) is 5.52 Å². The normalized spacial score (nSPS) is 11.0. The Morgan fingerprint density at radius 2 is 2.36 bits per heavy atom. The van der Waals surface area contributed by atoms with Crippen molar-refractivity contribution >= 4 is 22.8 Å². The Morgan fingerprint density at radius 1 is 1.57 bits per heavy atom. The molecule has 0 saturated heterocycles. The maximum absolute atomic E-state index is 11.4. The van der Waals surface area contributed by atoms with Gasteiger partial charge in [-0.1, -0.05) is 11.6 Å². The minimum atomic E-state index is -0.208. The molecule has 74 valence electrons. The Hall–Kier alpha value is -1.33. The van der Waals surface area contributed by atoms with Gasteiger partial charge in [-0.3, -0.25) is 4.57 Å². The van der Waals surface area contributed by atoms with Crippen molar-refractivity contribution in [2.75, 3.05) is 6.54 Å². The highest BCUT2D eigenvalue weighted by atomic mass is 35.5. The van der Waals surface area contributed by atoms with E-state index in [1.807, 2.05) is 0 Å². The highest BCUT2D eigenvalue weighted by molar-refractivity contribution is 6.29. The van der Waals surface area contributed by atoms with E-state index in [0.717, 1.165) is 0 Å². The first-order valence-electron chi connectivity index (χ1n) is 4.17. The molecule has 0 amide bonds. The molecule has 2 aromatic heterocycles. The lowest BCUT2D eigenvalue weighted by Gasteiger charge is -1.98. The lowest BCUT2D eigenvalue weighted by molar-refractivity contribution is 0.697. The summed E-state index contributed by atoms with van der Waals surface area (Å²) < 4.78 is 1.47. The topological polar surface area (TPSA) is 76.7 Å². The van der Waals surface area contributed by atoms with Crippen LogP contribution in [0, 0.1) is 0 Å². The molecule has 2 rings (SSSR count). The molecule has 0 aliphatic rings. The van der Waals surface area contributed by atoms with Gasteiger partial charge in [-0.25, -0.2) is 9.78 Å². The molecule has 5 nitrogen and oxygen atoms in total. The van der Waals surface area contributed by atoms with Crippen molar-refractivity contribution < 1.29 is 0 Å². The monoisotopic (exact) mass is 212 g/mol. The van der Waals surface area contributed by atoms with Crippen LogP contribution < -0.4 is 11.4 Å². The van der Waals surface area contributed by atoms with E-state index >= 15 is 0 Å². The van der Waals surface area contributed by atoms with Crippen LogP contribution in [0.1, 0.15) is 0 Å². The second-order valence-corrected chi connectivity index (χ2v) is 3.26. The van der Waals surface area contributed by atoms with Crippen molar-refractivity contribution in [1.29, 1.82) is 0 Å². The summed E-state index contributed by atoms with van der Waals surface area (Å²) in [6.45, 7) is 0.827. The van der Waals surface area contributed by atoms with E-state index in [2.05, 4.69) is 9.97 Å². The van der Waals surface area contributed by atoms with Crippen LogP contribution in [0.15, 0.2) is 16.9 Å². The van der Waals surface area contributed by atoms with E-state index in [4.69, 9.17) is 17.3 Å². The van der Waals surface area contributed by atoms with E-state index in [1.165, 1.54) is 4.57 Å². The van der Waals surface area contributed by atoms with Crippen molar-refractivity contribution in [3.8, 4) is 0 Å². The van der Waals surface area contributed by atoms with E-state index < -0.39 is 0 Å². The Kier molecular flexibility index (Phi) is 2.26. The first-order chi connectivity index (χ1) is 6.72. The van der Waals surface area contributed by atoms with Crippen molar-refractivity contribution in [3.05, 3.63) is 27.8 Å².